The minimum atomic E-state index is -1.08. The molecule has 3 aromatic carbocycles. The lowest BCUT2D eigenvalue weighted by atomic mass is 9.80. The van der Waals surface area contributed by atoms with Crippen LogP contribution in [-0.4, -0.2) is 35.7 Å². The van der Waals surface area contributed by atoms with Gasteiger partial charge in [-0.25, -0.2) is 8.78 Å². The summed E-state index contributed by atoms with van der Waals surface area (Å²) in [7, 11) is 0. The number of ether oxygens (including phenoxy) is 1. The molecule has 0 aromatic heterocycles. The summed E-state index contributed by atoms with van der Waals surface area (Å²) < 4.78 is 33.2. The smallest absolute Gasteiger partial charge is 0.306 e. The van der Waals surface area contributed by atoms with E-state index < -0.39 is 35.8 Å². The molecule has 0 aliphatic carbocycles. The molecule has 3 aromatic rings. The van der Waals surface area contributed by atoms with Gasteiger partial charge in [0.15, 0.2) is 11.9 Å². The van der Waals surface area contributed by atoms with Gasteiger partial charge in [-0.1, -0.05) is 74.5 Å². The van der Waals surface area contributed by atoms with Gasteiger partial charge < -0.3 is 16.2 Å². The number of benzene rings is 3. The summed E-state index contributed by atoms with van der Waals surface area (Å²) >= 11 is 0. The highest BCUT2D eigenvalue weighted by Crippen LogP contribution is 2.30. The Labute approximate surface area is 265 Å². The molecule has 4 N–H and O–H groups in total. The normalized spacial score (nSPS) is 13.6. The summed E-state index contributed by atoms with van der Waals surface area (Å²) in [6, 6.07) is 21.2. The Kier molecular flexibility index (Phi) is 14.0. The molecule has 3 rings (SSSR count). The number of nitrogens with two attached hydrogens (primary N) is 2. The van der Waals surface area contributed by atoms with Gasteiger partial charge in [0.05, 0.1) is 6.04 Å². The Morgan fingerprint density at radius 2 is 1.42 bits per heavy atom. The van der Waals surface area contributed by atoms with Crippen LogP contribution in [0.25, 0.3) is 0 Å². The zero-order chi connectivity index (χ0) is 32.8. The number of carbonyl (C=O) groups is 3. The maximum absolute atomic E-state index is 14.0. The second kappa shape index (κ2) is 17.7. The maximum Gasteiger partial charge on any atom is 0.306 e. The lowest BCUT2D eigenvalue weighted by molar-refractivity contribution is -0.156. The number of halogens is 2. The van der Waals surface area contributed by atoms with Crippen LogP contribution < -0.4 is 11.5 Å². The predicted molar refractivity (Wildman–Crippen MR) is 172 cm³/mol. The third-order valence-electron chi connectivity index (χ3n) is 8.08. The number of hydrogen-bond donors (Lipinski definition) is 2. The number of aryl methyl sites for hydroxylation is 1. The van der Waals surface area contributed by atoms with E-state index in [4.69, 9.17) is 16.2 Å². The fraction of sp³-hybridized carbons (Fsp3) is 0.432. The van der Waals surface area contributed by atoms with E-state index in [2.05, 4.69) is 0 Å². The Morgan fingerprint density at radius 1 is 0.800 bits per heavy atom. The second-order valence-corrected chi connectivity index (χ2v) is 12.7. The van der Waals surface area contributed by atoms with Gasteiger partial charge in [-0.15, -0.1) is 0 Å². The van der Waals surface area contributed by atoms with Crippen molar-refractivity contribution >= 4 is 17.5 Å². The highest BCUT2D eigenvalue weighted by atomic mass is 19.1. The molecule has 0 spiro atoms. The van der Waals surface area contributed by atoms with Crippen LogP contribution in [0.3, 0.4) is 0 Å². The summed E-state index contributed by atoms with van der Waals surface area (Å²) in [4.78, 5) is 38.9. The molecule has 0 aliphatic heterocycles. The molecule has 0 bridgehead atoms. The fourth-order valence-corrected chi connectivity index (χ4v) is 5.32. The number of hydrogen-bond acceptors (Lipinski definition) is 6. The molecule has 6 nitrogen and oxygen atoms in total. The van der Waals surface area contributed by atoms with Crippen molar-refractivity contribution in [2.24, 2.45) is 16.9 Å². The third-order valence-corrected chi connectivity index (χ3v) is 8.08. The average Bonchev–Trinajstić information content (AvgIpc) is 3.00. The monoisotopic (exact) mass is 620 g/mol. The van der Waals surface area contributed by atoms with Crippen molar-refractivity contribution in [3.8, 4) is 0 Å². The topological polar surface area (TPSA) is 112 Å². The molecule has 0 radical (unpaired) electrons. The zero-order valence-corrected chi connectivity index (χ0v) is 26.4. The molecule has 0 heterocycles. The van der Waals surface area contributed by atoms with Crippen molar-refractivity contribution in [1.29, 1.82) is 0 Å². The molecule has 0 aliphatic rings. The molecule has 3 atom stereocenters. The fourth-order valence-electron chi connectivity index (χ4n) is 5.32. The van der Waals surface area contributed by atoms with Crippen LogP contribution in [0, 0.1) is 17.0 Å². The molecule has 8 heteroatoms. The first-order valence-corrected chi connectivity index (χ1v) is 15.7. The first-order valence-electron chi connectivity index (χ1n) is 15.7. The van der Waals surface area contributed by atoms with E-state index >= 15 is 0 Å². The Morgan fingerprint density at radius 3 is 2.09 bits per heavy atom. The lowest BCUT2D eigenvalue weighted by Crippen LogP contribution is -2.45. The largest absolute Gasteiger partial charge is 0.453 e. The first kappa shape index (κ1) is 35.7. The number of Topliss-reactive ketones (excluding diaryl/α,β-unsaturated/α-hetero) is 2. The first-order chi connectivity index (χ1) is 21.4. The van der Waals surface area contributed by atoms with E-state index in [1.54, 1.807) is 0 Å². The van der Waals surface area contributed by atoms with Crippen LogP contribution in [0.5, 0.6) is 0 Å². The average molecular weight is 621 g/mol. The second-order valence-electron chi connectivity index (χ2n) is 12.7. The van der Waals surface area contributed by atoms with Crippen LogP contribution >= 0.6 is 0 Å². The van der Waals surface area contributed by atoms with Gasteiger partial charge in [0.25, 0.3) is 0 Å². The van der Waals surface area contributed by atoms with Crippen molar-refractivity contribution in [2.75, 3.05) is 0 Å². The van der Waals surface area contributed by atoms with E-state index in [0.29, 0.717) is 25.7 Å². The highest BCUT2D eigenvalue weighted by molar-refractivity contribution is 5.86. The molecular weight excluding hydrogens is 574 g/mol. The molecule has 0 saturated heterocycles. The number of carbonyl (C=O) groups excluding carboxylic acids is 3. The van der Waals surface area contributed by atoms with E-state index in [0.717, 1.165) is 35.7 Å². The van der Waals surface area contributed by atoms with E-state index in [1.807, 2.05) is 74.5 Å². The summed E-state index contributed by atoms with van der Waals surface area (Å²) in [6.45, 7) is 3.95. The summed E-state index contributed by atoms with van der Waals surface area (Å²) in [5, 5.41) is 0. The van der Waals surface area contributed by atoms with Crippen molar-refractivity contribution in [3.05, 3.63) is 107 Å². The molecule has 45 heavy (non-hydrogen) atoms. The molecule has 0 saturated carbocycles. The lowest BCUT2D eigenvalue weighted by Gasteiger charge is -2.27. The van der Waals surface area contributed by atoms with Gasteiger partial charge in [-0.3, -0.25) is 14.4 Å². The number of esters is 1. The van der Waals surface area contributed by atoms with Gasteiger partial charge in [-0.05, 0) is 78.8 Å². The van der Waals surface area contributed by atoms with Gasteiger partial charge in [-0.2, -0.15) is 0 Å². The third kappa shape index (κ3) is 13.0. The van der Waals surface area contributed by atoms with Crippen molar-refractivity contribution < 1.29 is 27.9 Å². The number of ketones is 2. The van der Waals surface area contributed by atoms with Crippen LogP contribution in [0.4, 0.5) is 8.78 Å². The molecule has 3 unspecified atom stereocenters. The van der Waals surface area contributed by atoms with Gasteiger partial charge in [0, 0.05) is 31.7 Å². The van der Waals surface area contributed by atoms with Crippen LogP contribution in [0.2, 0.25) is 0 Å². The van der Waals surface area contributed by atoms with Crippen LogP contribution in [0.15, 0.2) is 78.9 Å². The summed E-state index contributed by atoms with van der Waals surface area (Å²) in [6.07, 6.45) is 2.28. The molecule has 0 amide bonds. The van der Waals surface area contributed by atoms with Gasteiger partial charge >= 0.3 is 5.97 Å². The zero-order valence-electron chi connectivity index (χ0n) is 26.4. The van der Waals surface area contributed by atoms with Crippen LogP contribution in [-0.2, 0) is 38.4 Å². The maximum atomic E-state index is 14.0. The number of rotatable bonds is 19. The molecular formula is C37H46F2N2O4. The predicted octanol–water partition coefficient (Wildman–Crippen LogP) is 6.45. The minimum absolute atomic E-state index is 0.0433. The quantitative estimate of drug-likeness (QED) is 0.149. The van der Waals surface area contributed by atoms with Crippen molar-refractivity contribution in [1.82, 2.24) is 0 Å². The van der Waals surface area contributed by atoms with Gasteiger partial charge in [0.2, 0.25) is 0 Å². The Hall–Kier alpha value is -3.75. The molecule has 242 valence electrons. The Bertz CT molecular complexity index is 1380. The highest BCUT2D eigenvalue weighted by Gasteiger charge is 2.31. The van der Waals surface area contributed by atoms with E-state index in [9.17, 15) is 23.2 Å². The van der Waals surface area contributed by atoms with Gasteiger partial charge in [0.1, 0.15) is 17.4 Å². The summed E-state index contributed by atoms with van der Waals surface area (Å²) in [5.41, 5.74) is 14.4. The van der Waals surface area contributed by atoms with E-state index in [-0.39, 0.29) is 54.6 Å². The van der Waals surface area contributed by atoms with E-state index in [1.165, 1.54) is 0 Å². The van der Waals surface area contributed by atoms with Crippen LogP contribution in [0.1, 0.15) is 75.5 Å². The SMILES string of the molecule is CC(C)(CCC(=O)CC(N)Cc1cc(F)ccc1F)CCC(=O)C(OC(=O)CCCc1ccccc1)C(N)Cc1ccccc1. The van der Waals surface area contributed by atoms with Crippen molar-refractivity contribution in [3.63, 3.8) is 0 Å². The van der Waals surface area contributed by atoms with Crippen molar-refractivity contribution in [2.45, 2.75) is 96.2 Å². The minimum Gasteiger partial charge on any atom is -0.453 e. The Balaban J connectivity index is 1.52. The summed E-state index contributed by atoms with van der Waals surface area (Å²) in [5.74, 6) is -1.88. The standard InChI is InChI=1S/C37H46F2N2O4/c1-37(2,20-18-31(42)25-30(40)24-28-23-29(38)16-17-32(28)39)21-19-34(43)36(33(41)22-27-12-7-4-8-13-27)45-35(44)15-9-14-26-10-5-3-6-11-26/h3-8,10-13,16-17,23,30,33,36H,9,14-15,18-22,24-25,40-41H2,1-2H3. The molecule has 0 fully saturated rings.